The van der Waals surface area contributed by atoms with E-state index in [4.69, 9.17) is 8.75 Å². The van der Waals surface area contributed by atoms with Crippen LogP contribution >= 0.6 is 34.4 Å². The van der Waals surface area contributed by atoms with Gasteiger partial charge in [0.15, 0.2) is 0 Å². The maximum atomic E-state index is 5.10. The van der Waals surface area contributed by atoms with Crippen LogP contribution < -0.4 is 0 Å². The quantitative estimate of drug-likeness (QED) is 0.0356. The zero-order chi connectivity index (χ0) is 73.3. The van der Waals surface area contributed by atoms with E-state index in [1.165, 1.54) is 334 Å². The zero-order valence-corrected chi connectivity index (χ0v) is 67.8. The molecule has 13 rings (SSSR count). The van der Waals surface area contributed by atoms with Gasteiger partial charge in [-0.3, -0.25) is 0 Å². The third-order valence-corrected chi connectivity index (χ3v) is 26.5. The summed E-state index contributed by atoms with van der Waals surface area (Å²) in [6.07, 6.45) is 56.4. The molecule has 0 saturated heterocycles. The Morgan fingerprint density at radius 2 is 0.551 bits per heavy atom. The highest BCUT2D eigenvalue weighted by atomic mass is 32.1. The molecule has 11 aromatic rings. The highest BCUT2D eigenvalue weighted by Crippen LogP contribution is 2.59. The fourth-order valence-electron chi connectivity index (χ4n) is 18.3. The Labute approximate surface area is 657 Å². The number of nitrogens with zero attached hydrogens (tertiary/aromatic N) is 2. The molecule has 0 bridgehead atoms. The summed E-state index contributed by atoms with van der Waals surface area (Å²) >= 11 is 4.99. The minimum atomic E-state index is -0.168. The lowest BCUT2D eigenvalue weighted by atomic mass is 9.69. The van der Waals surface area contributed by atoms with Crippen LogP contribution in [0.2, 0.25) is 0 Å². The van der Waals surface area contributed by atoms with E-state index in [0.717, 1.165) is 29.4 Å². The Kier molecular flexibility index (Phi) is 28.8. The summed E-state index contributed by atoms with van der Waals surface area (Å²) < 4.78 is 10.1. The average Bonchev–Trinajstić information content (AvgIpc) is 1.57. The lowest BCUT2D eigenvalue weighted by Gasteiger charge is -2.34. The van der Waals surface area contributed by atoms with Gasteiger partial charge in [-0.05, 0) is 197 Å². The molecule has 0 fully saturated rings. The number of unbranched alkanes of at least 4 members (excludes halogenated alkanes) is 28. The van der Waals surface area contributed by atoms with Gasteiger partial charge in [0.1, 0.15) is 11.0 Å². The van der Waals surface area contributed by atoms with Crippen molar-refractivity contribution in [3.05, 3.63) is 236 Å². The molecule has 0 radical (unpaired) electrons. The molecular weight excluding hydrogens is 1350 g/mol. The Balaban J connectivity index is 0.951. The maximum absolute atomic E-state index is 5.10. The molecule has 2 nitrogen and oxygen atoms in total. The maximum Gasteiger partial charge on any atom is 0.113 e. The molecule has 0 aliphatic heterocycles. The number of fused-ring (bicyclic) bond motifs is 7. The fourth-order valence-corrected chi connectivity index (χ4v) is 20.2. The first kappa shape index (κ1) is 77.6. The third kappa shape index (κ3) is 19.0. The molecule has 2 aliphatic rings. The molecule has 3 aromatic heterocycles. The van der Waals surface area contributed by atoms with Crippen LogP contribution in [0.15, 0.2) is 193 Å². The van der Waals surface area contributed by atoms with Crippen LogP contribution in [-0.2, 0) is 10.8 Å². The third-order valence-electron chi connectivity index (χ3n) is 24.3. The summed E-state index contributed by atoms with van der Waals surface area (Å²) in [6, 6.07) is 71.4. The Morgan fingerprint density at radius 3 is 0.897 bits per heavy atom. The first-order valence-electron chi connectivity index (χ1n) is 42.5. The number of rotatable bonds is 45. The Hall–Kier alpha value is -7.54. The summed E-state index contributed by atoms with van der Waals surface area (Å²) in [4.78, 5) is 2.54. The molecule has 0 saturated carbocycles. The van der Waals surface area contributed by atoms with Gasteiger partial charge in [-0.2, -0.15) is 8.75 Å². The average molecular weight is 1470 g/mol. The smallest absolute Gasteiger partial charge is 0.113 e. The highest BCUT2D eigenvalue weighted by Gasteiger charge is 2.45. The largest absolute Gasteiger partial charge is 0.172 e. The molecule has 556 valence electrons. The highest BCUT2D eigenvalue weighted by molar-refractivity contribution is 7.11. The number of hydrogen-bond donors (Lipinski definition) is 0. The van der Waals surface area contributed by atoms with Crippen molar-refractivity contribution in [1.29, 1.82) is 0 Å². The second kappa shape index (κ2) is 39.7. The molecule has 0 unspecified atom stereocenters. The number of hydrogen-bond acceptors (Lipinski definition) is 5. The minimum absolute atomic E-state index is 0.0968. The van der Waals surface area contributed by atoms with Gasteiger partial charge in [0.2, 0.25) is 0 Å². The molecule has 2 aliphatic carbocycles. The first-order valence-corrected chi connectivity index (χ1v) is 45.0. The van der Waals surface area contributed by atoms with Gasteiger partial charge in [-0.25, -0.2) is 0 Å². The number of thiophene rings is 2. The number of aromatic nitrogens is 2. The van der Waals surface area contributed by atoms with E-state index in [0.29, 0.717) is 0 Å². The van der Waals surface area contributed by atoms with E-state index >= 15 is 0 Å². The molecule has 0 amide bonds. The van der Waals surface area contributed by atoms with Crippen molar-refractivity contribution in [2.24, 2.45) is 0 Å². The van der Waals surface area contributed by atoms with Crippen molar-refractivity contribution in [2.75, 3.05) is 0 Å². The Bertz CT molecular complexity index is 4560. The van der Waals surface area contributed by atoms with Crippen molar-refractivity contribution in [2.45, 2.75) is 270 Å². The lowest BCUT2D eigenvalue weighted by Crippen LogP contribution is -2.25. The molecule has 8 aromatic carbocycles. The molecule has 0 atom stereocenters. The van der Waals surface area contributed by atoms with Crippen molar-refractivity contribution < 1.29 is 0 Å². The second-order valence-electron chi connectivity index (χ2n) is 31.7. The molecule has 0 N–H and O–H groups in total. The number of benzene rings is 8. The van der Waals surface area contributed by atoms with E-state index in [1.54, 1.807) is 11.1 Å². The van der Waals surface area contributed by atoms with E-state index < -0.39 is 0 Å². The van der Waals surface area contributed by atoms with Gasteiger partial charge < -0.3 is 0 Å². The van der Waals surface area contributed by atoms with Crippen LogP contribution in [-0.4, -0.2) is 8.75 Å². The van der Waals surface area contributed by atoms with Gasteiger partial charge in [0.05, 0.1) is 11.7 Å². The van der Waals surface area contributed by atoms with Gasteiger partial charge in [0.25, 0.3) is 0 Å². The van der Waals surface area contributed by atoms with Crippen molar-refractivity contribution in [1.82, 2.24) is 8.75 Å². The summed E-state index contributed by atoms with van der Waals surface area (Å²) in [5, 5.41) is 4.45. The lowest BCUT2D eigenvalue weighted by molar-refractivity contribution is 0.397. The Morgan fingerprint density at radius 1 is 0.252 bits per heavy atom. The second-order valence-corrected chi connectivity index (χ2v) is 34.2. The van der Waals surface area contributed by atoms with E-state index in [-0.39, 0.29) is 10.8 Å². The molecular formula is C102H120N2S3. The SMILES string of the molecule is CCCCCCCCCCC1(CCCCCCCCCC)c2cc(-c3ccccc3)ccc2-c2ccc(-c3cc(/C=C/c4cccs4)c(-c4ccc5c(c4)C(CCCCCCCCCC)(CCCCCCCCCC)c4cc(-c6ccc(-c7ccccc7)c7nsnc67)ccc4-5)cc3/C=C/c3cccs3)cc21. The summed E-state index contributed by atoms with van der Waals surface area (Å²) in [6.45, 7) is 9.36. The monoisotopic (exact) mass is 1470 g/mol. The summed E-state index contributed by atoms with van der Waals surface area (Å²) in [5.74, 6) is 0. The van der Waals surface area contributed by atoms with Gasteiger partial charge >= 0.3 is 0 Å². The van der Waals surface area contributed by atoms with Gasteiger partial charge in [-0.15, -0.1) is 22.7 Å². The van der Waals surface area contributed by atoms with Crippen molar-refractivity contribution in [3.63, 3.8) is 0 Å². The molecule has 107 heavy (non-hydrogen) atoms. The van der Waals surface area contributed by atoms with Crippen LogP contribution in [0.5, 0.6) is 0 Å². The standard InChI is InChI=1S/C102H120N2S3/c1-5-9-13-17-21-25-29-39-65-101(66-40-30-26-22-18-14-10-6-2)95-73-79(77-45-35-33-36-46-77)53-59-89(95)91-61-55-83(75-97(91)101)93-71-81(52-58-86-50-44-70-106-86)94(72-80(93)51-57-85-49-43-69-105-85)84-56-62-92-90-60-54-82(88-64-63-87(78-47-37-34-38-48-78)99-100(88)104-107-103-99)74-96(90)102(98(92)76-84,67-41-31-27-23-19-15-11-7-3)68-42-32-28-24-20-16-12-8-4/h33-38,43-64,69-76H,5-32,39-42,65-68H2,1-4H3/b57-51+,58-52+. The van der Waals surface area contributed by atoms with Crippen LogP contribution in [0.3, 0.4) is 0 Å². The van der Waals surface area contributed by atoms with E-state index in [2.05, 4.69) is 245 Å². The molecule has 5 heteroatoms. The summed E-state index contributed by atoms with van der Waals surface area (Å²) in [5.41, 5.74) is 28.7. The minimum Gasteiger partial charge on any atom is -0.172 e. The van der Waals surface area contributed by atoms with Gasteiger partial charge in [-0.1, -0.05) is 379 Å². The van der Waals surface area contributed by atoms with Crippen molar-refractivity contribution >= 4 is 69.7 Å². The van der Waals surface area contributed by atoms with E-state index in [1.807, 2.05) is 22.7 Å². The van der Waals surface area contributed by atoms with Crippen LogP contribution in [0.4, 0.5) is 0 Å². The van der Waals surface area contributed by atoms with Gasteiger partial charge in [0, 0.05) is 31.7 Å². The van der Waals surface area contributed by atoms with Crippen molar-refractivity contribution in [3.8, 4) is 77.9 Å². The zero-order valence-electron chi connectivity index (χ0n) is 65.4. The van der Waals surface area contributed by atoms with Crippen LogP contribution in [0.1, 0.15) is 302 Å². The fraction of sp³-hybridized carbons (Fsp3) is 0.412. The van der Waals surface area contributed by atoms with Crippen LogP contribution in [0.25, 0.3) is 113 Å². The predicted molar refractivity (Wildman–Crippen MR) is 472 cm³/mol. The normalized spacial score (nSPS) is 13.3. The van der Waals surface area contributed by atoms with E-state index in [9.17, 15) is 0 Å². The topological polar surface area (TPSA) is 25.8 Å². The predicted octanol–water partition coefficient (Wildman–Crippen LogP) is 33.1. The first-order chi connectivity index (χ1) is 52.9. The van der Waals surface area contributed by atoms with Crippen LogP contribution in [0, 0.1) is 0 Å². The summed E-state index contributed by atoms with van der Waals surface area (Å²) in [7, 11) is 0. The molecule has 0 spiro atoms. The molecule has 3 heterocycles.